The lowest BCUT2D eigenvalue weighted by atomic mass is 10.0. The van der Waals surface area contributed by atoms with Crippen molar-refractivity contribution >= 4 is 0 Å². The molecule has 1 heterocycles. The van der Waals surface area contributed by atoms with E-state index >= 15 is 0 Å². The van der Waals surface area contributed by atoms with Gasteiger partial charge < -0.3 is 14.6 Å². The van der Waals surface area contributed by atoms with Crippen molar-refractivity contribution in [1.82, 2.24) is 15.5 Å². The first-order chi connectivity index (χ1) is 7.30. The highest BCUT2D eigenvalue weighted by atomic mass is 16.5. The Morgan fingerprint density at radius 3 is 2.80 bits per heavy atom. The Kier molecular flexibility index (Phi) is 3.02. The van der Waals surface area contributed by atoms with Gasteiger partial charge in [-0.05, 0) is 32.7 Å². The van der Waals surface area contributed by atoms with E-state index in [1.54, 1.807) is 7.11 Å². The van der Waals surface area contributed by atoms with Gasteiger partial charge in [-0.15, -0.1) is 0 Å². The zero-order valence-corrected chi connectivity index (χ0v) is 9.25. The standard InChI is InChI=1S/C10H17N3O2/c1-11-7-8-12-9(13-15-8)10(14-2)5-3-4-6-10/h11H,3-7H2,1-2H3. The second-order valence-electron chi connectivity index (χ2n) is 3.95. The van der Waals surface area contributed by atoms with E-state index < -0.39 is 0 Å². The summed E-state index contributed by atoms with van der Waals surface area (Å²) in [7, 11) is 3.57. The summed E-state index contributed by atoms with van der Waals surface area (Å²) in [5.74, 6) is 1.32. The van der Waals surface area contributed by atoms with Crippen molar-refractivity contribution in [2.24, 2.45) is 0 Å². The minimum Gasteiger partial charge on any atom is -0.370 e. The molecule has 0 aliphatic heterocycles. The number of ether oxygens (including phenoxy) is 1. The number of nitrogens with zero attached hydrogens (tertiary/aromatic N) is 2. The van der Waals surface area contributed by atoms with Crippen LogP contribution in [0.15, 0.2) is 4.52 Å². The molecule has 0 aromatic carbocycles. The van der Waals surface area contributed by atoms with E-state index in [0.29, 0.717) is 18.3 Å². The molecule has 1 aromatic rings. The van der Waals surface area contributed by atoms with Crippen LogP contribution in [0.4, 0.5) is 0 Å². The molecule has 0 bridgehead atoms. The van der Waals surface area contributed by atoms with Crippen molar-refractivity contribution in [3.05, 3.63) is 11.7 Å². The summed E-state index contributed by atoms with van der Waals surface area (Å²) in [6, 6.07) is 0. The molecule has 1 aliphatic carbocycles. The van der Waals surface area contributed by atoms with Gasteiger partial charge in [0, 0.05) is 7.11 Å². The van der Waals surface area contributed by atoms with Crippen LogP contribution in [0.2, 0.25) is 0 Å². The molecule has 1 fully saturated rings. The molecule has 0 atom stereocenters. The second-order valence-corrected chi connectivity index (χ2v) is 3.95. The van der Waals surface area contributed by atoms with Crippen molar-refractivity contribution in [1.29, 1.82) is 0 Å². The van der Waals surface area contributed by atoms with E-state index in [0.717, 1.165) is 12.8 Å². The predicted molar refractivity (Wildman–Crippen MR) is 54.2 cm³/mol. The minimum atomic E-state index is -0.296. The molecule has 0 saturated heterocycles. The van der Waals surface area contributed by atoms with E-state index in [-0.39, 0.29) is 5.60 Å². The van der Waals surface area contributed by atoms with Crippen molar-refractivity contribution in [2.45, 2.75) is 37.8 Å². The van der Waals surface area contributed by atoms with Crippen molar-refractivity contribution in [3.8, 4) is 0 Å². The molecule has 5 heteroatoms. The Morgan fingerprint density at radius 2 is 2.20 bits per heavy atom. The first-order valence-electron chi connectivity index (χ1n) is 5.33. The zero-order chi connectivity index (χ0) is 10.7. The molecule has 5 nitrogen and oxygen atoms in total. The third kappa shape index (κ3) is 1.89. The number of rotatable bonds is 4. The lowest BCUT2D eigenvalue weighted by Gasteiger charge is -2.22. The second kappa shape index (κ2) is 4.28. The van der Waals surface area contributed by atoms with Crippen molar-refractivity contribution < 1.29 is 9.26 Å². The van der Waals surface area contributed by atoms with Gasteiger partial charge in [-0.2, -0.15) is 4.98 Å². The van der Waals surface area contributed by atoms with Crippen LogP contribution in [0.1, 0.15) is 37.4 Å². The van der Waals surface area contributed by atoms with Crippen LogP contribution < -0.4 is 5.32 Å². The minimum absolute atomic E-state index is 0.296. The molecule has 1 N–H and O–H groups in total. The average molecular weight is 211 g/mol. The van der Waals surface area contributed by atoms with Crippen LogP contribution in [0.3, 0.4) is 0 Å². The normalized spacial score (nSPS) is 19.6. The van der Waals surface area contributed by atoms with E-state index in [1.807, 2.05) is 7.05 Å². The van der Waals surface area contributed by atoms with Gasteiger partial charge in [-0.25, -0.2) is 0 Å². The Labute approximate surface area is 89.2 Å². The molecule has 1 aromatic heterocycles. The highest BCUT2D eigenvalue weighted by Gasteiger charge is 2.40. The van der Waals surface area contributed by atoms with Crippen LogP contribution in [0, 0.1) is 0 Å². The van der Waals surface area contributed by atoms with E-state index in [1.165, 1.54) is 12.8 Å². The average Bonchev–Trinajstić information content (AvgIpc) is 2.86. The molecule has 0 radical (unpaired) electrons. The van der Waals surface area contributed by atoms with Crippen molar-refractivity contribution in [2.75, 3.05) is 14.2 Å². The van der Waals surface area contributed by atoms with E-state index in [2.05, 4.69) is 15.5 Å². The maximum atomic E-state index is 5.57. The van der Waals surface area contributed by atoms with E-state index in [4.69, 9.17) is 9.26 Å². The van der Waals surface area contributed by atoms with E-state index in [9.17, 15) is 0 Å². The smallest absolute Gasteiger partial charge is 0.240 e. The molecule has 0 spiro atoms. The first-order valence-corrected chi connectivity index (χ1v) is 5.33. The van der Waals surface area contributed by atoms with Gasteiger partial charge in [0.2, 0.25) is 11.7 Å². The van der Waals surface area contributed by atoms with Gasteiger partial charge in [0.05, 0.1) is 6.54 Å². The zero-order valence-electron chi connectivity index (χ0n) is 9.25. The summed E-state index contributed by atoms with van der Waals surface area (Å²) in [6.07, 6.45) is 4.32. The summed E-state index contributed by atoms with van der Waals surface area (Å²) in [4.78, 5) is 4.36. The Balaban J connectivity index is 2.19. The number of hydrogen-bond donors (Lipinski definition) is 1. The fraction of sp³-hybridized carbons (Fsp3) is 0.800. The fourth-order valence-corrected chi connectivity index (χ4v) is 2.13. The quantitative estimate of drug-likeness (QED) is 0.811. The highest BCUT2D eigenvalue weighted by Crippen LogP contribution is 2.39. The van der Waals surface area contributed by atoms with Gasteiger partial charge in [-0.1, -0.05) is 5.16 Å². The number of methoxy groups -OCH3 is 1. The largest absolute Gasteiger partial charge is 0.370 e. The summed E-state index contributed by atoms with van der Waals surface area (Å²) < 4.78 is 10.7. The molecule has 1 saturated carbocycles. The fourth-order valence-electron chi connectivity index (χ4n) is 2.13. The van der Waals surface area contributed by atoms with Crippen LogP contribution >= 0.6 is 0 Å². The topological polar surface area (TPSA) is 60.2 Å². The maximum absolute atomic E-state index is 5.57. The summed E-state index contributed by atoms with van der Waals surface area (Å²) in [6.45, 7) is 0.604. The molecular formula is C10H17N3O2. The summed E-state index contributed by atoms with van der Waals surface area (Å²) >= 11 is 0. The number of aromatic nitrogens is 2. The van der Waals surface area contributed by atoms with Crippen molar-refractivity contribution in [3.63, 3.8) is 0 Å². The summed E-state index contributed by atoms with van der Waals surface area (Å²) in [5, 5.41) is 6.99. The Morgan fingerprint density at radius 1 is 1.47 bits per heavy atom. The Bertz CT molecular complexity index is 318. The number of hydrogen-bond acceptors (Lipinski definition) is 5. The van der Waals surface area contributed by atoms with Crippen LogP contribution in [-0.2, 0) is 16.9 Å². The molecule has 0 unspecified atom stereocenters. The summed E-state index contributed by atoms with van der Waals surface area (Å²) in [5.41, 5.74) is -0.296. The highest BCUT2D eigenvalue weighted by molar-refractivity contribution is 5.04. The first kappa shape index (κ1) is 10.6. The lowest BCUT2D eigenvalue weighted by molar-refractivity contribution is -0.0178. The Hall–Kier alpha value is -0.940. The van der Waals surface area contributed by atoms with Gasteiger partial charge in [0.1, 0.15) is 5.60 Å². The predicted octanol–water partition coefficient (Wildman–Crippen LogP) is 1.20. The van der Waals surface area contributed by atoms with Crippen LogP contribution in [0.5, 0.6) is 0 Å². The number of nitrogens with one attached hydrogen (secondary N) is 1. The van der Waals surface area contributed by atoms with Crippen LogP contribution in [-0.4, -0.2) is 24.3 Å². The van der Waals surface area contributed by atoms with Gasteiger partial charge in [-0.3, -0.25) is 0 Å². The maximum Gasteiger partial charge on any atom is 0.240 e. The van der Waals surface area contributed by atoms with Gasteiger partial charge >= 0.3 is 0 Å². The monoisotopic (exact) mass is 211 g/mol. The molecule has 15 heavy (non-hydrogen) atoms. The SMILES string of the molecule is CNCc1nc(C2(OC)CCCC2)no1. The van der Waals surface area contributed by atoms with Gasteiger partial charge in [0.15, 0.2) is 0 Å². The molecule has 2 rings (SSSR count). The molecule has 1 aliphatic rings. The van der Waals surface area contributed by atoms with Crippen LogP contribution in [0.25, 0.3) is 0 Å². The lowest BCUT2D eigenvalue weighted by Crippen LogP contribution is -2.26. The molecular weight excluding hydrogens is 194 g/mol. The molecule has 0 amide bonds. The molecule has 84 valence electrons. The third-order valence-electron chi connectivity index (χ3n) is 3.01. The van der Waals surface area contributed by atoms with Gasteiger partial charge in [0.25, 0.3) is 0 Å². The third-order valence-corrected chi connectivity index (χ3v) is 3.01.